The first-order chi connectivity index (χ1) is 10.2. The van der Waals surface area contributed by atoms with Crippen LogP contribution in [0.3, 0.4) is 0 Å². The molecule has 2 aromatic heterocycles. The van der Waals surface area contributed by atoms with Crippen LogP contribution in [0.15, 0.2) is 24.5 Å². The normalized spacial score (nSPS) is 31.5. The number of rotatable bonds is 2. The summed E-state index contributed by atoms with van der Waals surface area (Å²) in [5.41, 5.74) is 1.33. The average Bonchev–Trinajstić information content (AvgIpc) is 2.98. The van der Waals surface area contributed by atoms with E-state index in [9.17, 15) is 4.79 Å². The molecule has 2 unspecified atom stereocenters. The Balaban J connectivity index is 1.51. The lowest BCUT2D eigenvalue weighted by atomic mass is 10.0. The number of pyridine rings is 1. The minimum absolute atomic E-state index is 0.0697. The summed E-state index contributed by atoms with van der Waals surface area (Å²) in [5.74, 6) is -0.224. The number of hydrogen-bond acceptors (Lipinski definition) is 3. The molecule has 0 amide bonds. The Morgan fingerprint density at radius 1 is 1.38 bits per heavy atom. The van der Waals surface area contributed by atoms with E-state index in [1.54, 1.807) is 17.3 Å². The number of ether oxygens (including phenoxy) is 1. The minimum Gasteiger partial charge on any atom is -0.458 e. The summed E-state index contributed by atoms with van der Waals surface area (Å²) in [6.07, 6.45) is 8.01. The highest BCUT2D eigenvalue weighted by Gasteiger charge is 2.43. The topological polar surface area (TPSA) is 59.4 Å². The summed E-state index contributed by atoms with van der Waals surface area (Å²) in [6, 6.07) is 5.06. The van der Waals surface area contributed by atoms with Gasteiger partial charge in [-0.3, -0.25) is 0 Å². The van der Waals surface area contributed by atoms with Gasteiger partial charge in [-0.05, 0) is 12.1 Å². The molecule has 21 heavy (non-hydrogen) atoms. The molecule has 2 bridgehead atoms. The van der Waals surface area contributed by atoms with Crippen molar-refractivity contribution < 1.29 is 14.4 Å². The lowest BCUT2D eigenvalue weighted by molar-refractivity contribution is -0.923. The van der Waals surface area contributed by atoms with Gasteiger partial charge in [-0.15, -0.1) is 0 Å². The van der Waals surface area contributed by atoms with Crippen LogP contribution in [-0.2, 0) is 4.74 Å². The van der Waals surface area contributed by atoms with E-state index >= 15 is 0 Å². The first-order valence-corrected chi connectivity index (χ1v) is 7.69. The second-order valence-corrected chi connectivity index (χ2v) is 6.32. The molecule has 4 heterocycles. The summed E-state index contributed by atoms with van der Waals surface area (Å²) in [5, 5.41) is 0.837. The van der Waals surface area contributed by atoms with Gasteiger partial charge in [0.25, 0.3) is 0 Å². The number of fused-ring (bicyclic) bond motifs is 3. The largest absolute Gasteiger partial charge is 0.458 e. The van der Waals surface area contributed by atoms with Gasteiger partial charge in [-0.25, -0.2) is 9.78 Å². The molecule has 0 aliphatic carbocycles. The molecule has 4 rings (SSSR count). The van der Waals surface area contributed by atoms with Gasteiger partial charge in [0.15, 0.2) is 0 Å². The lowest BCUT2D eigenvalue weighted by Gasteiger charge is -2.33. The number of piperidine rings is 1. The number of aromatic nitrogens is 2. The molecule has 5 nitrogen and oxygen atoms in total. The van der Waals surface area contributed by atoms with Crippen molar-refractivity contribution in [1.82, 2.24) is 9.97 Å². The fourth-order valence-corrected chi connectivity index (χ4v) is 3.97. The van der Waals surface area contributed by atoms with Crippen molar-refractivity contribution in [2.24, 2.45) is 0 Å². The monoisotopic (exact) mass is 286 g/mol. The van der Waals surface area contributed by atoms with Crippen LogP contribution in [0.1, 0.15) is 36.0 Å². The molecule has 110 valence electrons. The number of carbonyl (C=O) groups excluding carboxylic acids is 1. The van der Waals surface area contributed by atoms with Gasteiger partial charge in [-0.2, -0.15) is 0 Å². The SMILES string of the molecule is C[NH+]1[C@@H]2CC[C@H]1CC(OC(=O)c1c[nH]c3ncccc13)C2. The number of hydrogen-bond donors (Lipinski definition) is 2. The lowest BCUT2D eigenvalue weighted by Crippen LogP contribution is -3.15. The maximum Gasteiger partial charge on any atom is 0.340 e. The summed E-state index contributed by atoms with van der Waals surface area (Å²) in [4.78, 5) is 21.3. The minimum atomic E-state index is -0.224. The number of aromatic amines is 1. The van der Waals surface area contributed by atoms with Gasteiger partial charge in [0.2, 0.25) is 0 Å². The van der Waals surface area contributed by atoms with Crippen molar-refractivity contribution in [2.75, 3.05) is 7.05 Å². The fourth-order valence-electron chi connectivity index (χ4n) is 3.97. The Hall–Kier alpha value is -1.88. The van der Waals surface area contributed by atoms with Crippen molar-refractivity contribution in [1.29, 1.82) is 0 Å². The molecule has 5 heteroatoms. The average molecular weight is 286 g/mol. The van der Waals surface area contributed by atoms with Crippen molar-refractivity contribution >= 4 is 17.0 Å². The maximum atomic E-state index is 12.4. The van der Waals surface area contributed by atoms with Crippen LogP contribution in [0.4, 0.5) is 0 Å². The Morgan fingerprint density at radius 2 is 2.14 bits per heavy atom. The van der Waals surface area contributed by atoms with Crippen LogP contribution in [0, 0.1) is 0 Å². The van der Waals surface area contributed by atoms with Crippen molar-refractivity contribution in [3.05, 3.63) is 30.1 Å². The van der Waals surface area contributed by atoms with Crippen LogP contribution in [0.2, 0.25) is 0 Å². The Kier molecular flexibility index (Phi) is 2.96. The zero-order valence-corrected chi connectivity index (χ0v) is 12.1. The Labute approximate surface area is 123 Å². The zero-order chi connectivity index (χ0) is 14.4. The number of carbonyl (C=O) groups is 1. The fraction of sp³-hybridized carbons (Fsp3) is 0.500. The molecule has 2 fully saturated rings. The van der Waals surface area contributed by atoms with Crippen LogP contribution in [0.5, 0.6) is 0 Å². The van der Waals surface area contributed by atoms with Gasteiger partial charge in [0.05, 0.1) is 24.7 Å². The van der Waals surface area contributed by atoms with Gasteiger partial charge >= 0.3 is 5.97 Å². The standard InChI is InChI=1S/C16H19N3O2/c1-19-10-4-5-11(19)8-12(7-10)21-16(20)14-9-18-15-13(14)3-2-6-17-15/h2-3,6,9-12H,4-5,7-8H2,1H3,(H,17,18)/p+1/t10-,11+,12?. The van der Waals surface area contributed by atoms with Gasteiger partial charge in [-0.1, -0.05) is 0 Å². The molecule has 0 saturated carbocycles. The summed E-state index contributed by atoms with van der Waals surface area (Å²) < 4.78 is 5.77. The van der Waals surface area contributed by atoms with Crippen molar-refractivity contribution in [2.45, 2.75) is 43.9 Å². The highest BCUT2D eigenvalue weighted by molar-refractivity contribution is 6.03. The summed E-state index contributed by atoms with van der Waals surface area (Å²) >= 11 is 0. The predicted molar refractivity (Wildman–Crippen MR) is 78.2 cm³/mol. The highest BCUT2D eigenvalue weighted by atomic mass is 16.5. The molecule has 0 spiro atoms. The highest BCUT2D eigenvalue weighted by Crippen LogP contribution is 2.26. The quantitative estimate of drug-likeness (QED) is 0.807. The van der Waals surface area contributed by atoms with Crippen LogP contribution in [-0.4, -0.2) is 41.2 Å². The number of quaternary nitrogens is 1. The molecule has 2 aromatic rings. The first-order valence-electron chi connectivity index (χ1n) is 7.69. The van der Waals surface area contributed by atoms with Gasteiger partial charge in [0, 0.05) is 43.5 Å². The number of nitrogens with one attached hydrogen (secondary N) is 2. The Morgan fingerprint density at radius 3 is 2.90 bits per heavy atom. The second-order valence-electron chi connectivity index (χ2n) is 6.32. The van der Waals surface area contributed by atoms with Crippen molar-refractivity contribution in [3.63, 3.8) is 0 Å². The van der Waals surface area contributed by atoms with E-state index in [1.807, 2.05) is 12.1 Å². The third-order valence-corrected chi connectivity index (χ3v) is 5.19. The predicted octanol–water partition coefficient (Wildman–Crippen LogP) is 0.928. The molecule has 0 radical (unpaired) electrons. The first kappa shape index (κ1) is 12.8. The summed E-state index contributed by atoms with van der Waals surface area (Å²) in [7, 11) is 2.27. The van der Waals surface area contributed by atoms with E-state index in [4.69, 9.17) is 4.74 Å². The third kappa shape index (κ3) is 2.12. The second kappa shape index (κ2) is 4.84. The maximum absolute atomic E-state index is 12.4. The van der Waals surface area contributed by atoms with E-state index < -0.39 is 0 Å². The van der Waals surface area contributed by atoms with Gasteiger partial charge < -0.3 is 14.6 Å². The Bertz CT molecular complexity index is 667. The molecule has 2 aliphatic heterocycles. The zero-order valence-electron chi connectivity index (χ0n) is 12.1. The van der Waals surface area contributed by atoms with Crippen LogP contribution in [0.25, 0.3) is 11.0 Å². The van der Waals surface area contributed by atoms with Crippen LogP contribution >= 0.6 is 0 Å². The van der Waals surface area contributed by atoms with E-state index in [0.717, 1.165) is 23.9 Å². The molecule has 4 atom stereocenters. The smallest absolute Gasteiger partial charge is 0.340 e. The molecule has 2 saturated heterocycles. The van der Waals surface area contributed by atoms with E-state index in [1.165, 1.54) is 12.8 Å². The van der Waals surface area contributed by atoms with Gasteiger partial charge in [0.1, 0.15) is 11.8 Å². The third-order valence-electron chi connectivity index (χ3n) is 5.19. The number of H-pyrrole nitrogens is 1. The molecule has 2 aliphatic rings. The molecule has 2 N–H and O–H groups in total. The molecular formula is C16H20N3O2+. The summed E-state index contributed by atoms with van der Waals surface area (Å²) in [6.45, 7) is 0. The van der Waals surface area contributed by atoms with E-state index in [2.05, 4.69) is 17.0 Å². The number of esters is 1. The molecular weight excluding hydrogens is 266 g/mol. The van der Waals surface area contributed by atoms with Crippen LogP contribution < -0.4 is 4.90 Å². The van der Waals surface area contributed by atoms with E-state index in [0.29, 0.717) is 17.6 Å². The molecule has 0 aromatic carbocycles. The van der Waals surface area contributed by atoms with Crippen molar-refractivity contribution in [3.8, 4) is 0 Å². The van der Waals surface area contributed by atoms with E-state index in [-0.39, 0.29) is 12.1 Å². The number of nitrogens with zero attached hydrogens (tertiary/aromatic N) is 1.